The number of methoxy groups -OCH3 is 1. The zero-order chi connectivity index (χ0) is 8.43. The molecule has 0 unspecified atom stereocenters. The second-order valence-corrected chi connectivity index (χ2v) is 4.33. The fourth-order valence-corrected chi connectivity index (χ4v) is 1.85. The van der Waals surface area contributed by atoms with Crippen LogP contribution in [-0.2, 0) is 0 Å². The van der Waals surface area contributed by atoms with Gasteiger partial charge in [-0.15, -0.1) is 0 Å². The topological polar surface area (TPSA) is 35.2 Å². The molecule has 0 saturated carbocycles. The van der Waals surface area contributed by atoms with Gasteiger partial charge in [-0.1, -0.05) is 0 Å². The minimum absolute atomic E-state index is 0.802. The van der Waals surface area contributed by atoms with Crippen LogP contribution in [0.15, 0.2) is 12.1 Å². The highest BCUT2D eigenvalue weighted by Crippen LogP contribution is 2.27. The molecule has 0 spiro atoms. The molecular formula is C7H7I2NO. The Kier molecular flexibility index (Phi) is 3.23. The Morgan fingerprint density at radius 2 is 1.91 bits per heavy atom. The molecule has 0 atom stereocenters. The molecular weight excluding hydrogens is 368 g/mol. The van der Waals surface area contributed by atoms with Crippen LogP contribution in [0.4, 0.5) is 5.69 Å². The van der Waals surface area contributed by atoms with Gasteiger partial charge in [-0.3, -0.25) is 0 Å². The molecule has 0 aliphatic carbocycles. The number of nitrogen functional groups attached to an aromatic ring is 1. The van der Waals surface area contributed by atoms with E-state index >= 15 is 0 Å². The van der Waals surface area contributed by atoms with Gasteiger partial charge in [-0.05, 0) is 57.3 Å². The predicted octanol–water partition coefficient (Wildman–Crippen LogP) is 2.49. The Bertz CT molecular complexity index is 275. The number of benzene rings is 1. The maximum absolute atomic E-state index is 5.68. The number of ether oxygens (including phenoxy) is 1. The first-order valence-corrected chi connectivity index (χ1v) is 5.09. The average Bonchev–Trinajstić information content (AvgIpc) is 1.97. The highest BCUT2D eigenvalue weighted by atomic mass is 127. The fourth-order valence-electron chi connectivity index (χ4n) is 0.700. The van der Waals surface area contributed by atoms with Crippen LogP contribution in [0.25, 0.3) is 0 Å². The van der Waals surface area contributed by atoms with Crippen LogP contribution in [0, 0.1) is 7.14 Å². The van der Waals surface area contributed by atoms with Crippen LogP contribution in [0.5, 0.6) is 5.75 Å². The molecule has 0 saturated heterocycles. The quantitative estimate of drug-likeness (QED) is 0.605. The number of anilines is 1. The van der Waals surface area contributed by atoms with E-state index in [0.717, 1.165) is 18.6 Å². The molecule has 60 valence electrons. The third kappa shape index (κ3) is 2.11. The predicted molar refractivity (Wildman–Crippen MR) is 62.8 cm³/mol. The van der Waals surface area contributed by atoms with E-state index in [2.05, 4.69) is 45.2 Å². The summed E-state index contributed by atoms with van der Waals surface area (Å²) in [5.74, 6) is 0.879. The third-order valence-electron chi connectivity index (χ3n) is 1.27. The van der Waals surface area contributed by atoms with Crippen molar-refractivity contribution >= 4 is 50.9 Å². The maximum atomic E-state index is 5.68. The van der Waals surface area contributed by atoms with Crippen LogP contribution in [0.3, 0.4) is 0 Å². The van der Waals surface area contributed by atoms with E-state index in [1.54, 1.807) is 7.11 Å². The molecule has 2 N–H and O–H groups in total. The van der Waals surface area contributed by atoms with Crippen LogP contribution in [0.2, 0.25) is 0 Å². The minimum atomic E-state index is 0.802. The van der Waals surface area contributed by atoms with Crippen molar-refractivity contribution in [1.29, 1.82) is 0 Å². The zero-order valence-electron chi connectivity index (χ0n) is 5.90. The molecule has 2 nitrogen and oxygen atoms in total. The van der Waals surface area contributed by atoms with Gasteiger partial charge in [0.15, 0.2) is 0 Å². The van der Waals surface area contributed by atoms with E-state index in [-0.39, 0.29) is 0 Å². The van der Waals surface area contributed by atoms with Crippen molar-refractivity contribution < 1.29 is 4.74 Å². The maximum Gasteiger partial charge on any atom is 0.133 e. The van der Waals surface area contributed by atoms with Crippen LogP contribution >= 0.6 is 45.2 Å². The first kappa shape index (κ1) is 9.37. The summed E-state index contributed by atoms with van der Waals surface area (Å²) >= 11 is 4.38. The smallest absolute Gasteiger partial charge is 0.133 e. The summed E-state index contributed by atoms with van der Waals surface area (Å²) in [5, 5.41) is 0. The van der Waals surface area contributed by atoms with Gasteiger partial charge in [0, 0.05) is 9.26 Å². The van der Waals surface area contributed by atoms with E-state index in [0.29, 0.717) is 0 Å². The fraction of sp³-hybridized carbons (Fsp3) is 0.143. The van der Waals surface area contributed by atoms with Crippen molar-refractivity contribution in [3.8, 4) is 5.75 Å². The summed E-state index contributed by atoms with van der Waals surface area (Å²) in [6, 6.07) is 3.83. The van der Waals surface area contributed by atoms with Gasteiger partial charge in [0.1, 0.15) is 5.75 Å². The number of nitrogens with two attached hydrogens (primary N) is 1. The first-order chi connectivity index (χ1) is 5.15. The molecule has 1 aromatic carbocycles. The SMILES string of the molecule is COc1cc(I)c(N)cc1I. The molecule has 0 amide bonds. The standard InChI is InChI=1S/C7H7I2NO/c1-11-7-3-4(8)6(10)2-5(7)9/h2-3H,10H2,1H3. The van der Waals surface area contributed by atoms with Gasteiger partial charge in [-0.2, -0.15) is 0 Å². The molecule has 4 heteroatoms. The van der Waals surface area contributed by atoms with E-state index in [1.165, 1.54) is 0 Å². The summed E-state index contributed by atoms with van der Waals surface area (Å²) < 4.78 is 7.19. The second kappa shape index (κ2) is 3.79. The van der Waals surface area contributed by atoms with Gasteiger partial charge in [-0.25, -0.2) is 0 Å². The lowest BCUT2D eigenvalue weighted by molar-refractivity contribution is 0.411. The lowest BCUT2D eigenvalue weighted by Crippen LogP contribution is -1.93. The number of rotatable bonds is 1. The van der Waals surface area contributed by atoms with Crippen molar-refractivity contribution in [2.75, 3.05) is 12.8 Å². The molecule has 0 radical (unpaired) electrons. The Labute approximate surface area is 92.8 Å². The van der Waals surface area contributed by atoms with Gasteiger partial charge in [0.2, 0.25) is 0 Å². The second-order valence-electron chi connectivity index (χ2n) is 2.01. The number of halogens is 2. The van der Waals surface area contributed by atoms with Crippen LogP contribution < -0.4 is 10.5 Å². The van der Waals surface area contributed by atoms with Crippen molar-refractivity contribution in [1.82, 2.24) is 0 Å². The van der Waals surface area contributed by atoms with Crippen molar-refractivity contribution in [3.05, 3.63) is 19.3 Å². The number of hydrogen-bond acceptors (Lipinski definition) is 2. The van der Waals surface area contributed by atoms with Crippen molar-refractivity contribution in [2.45, 2.75) is 0 Å². The van der Waals surface area contributed by atoms with Crippen LogP contribution in [0.1, 0.15) is 0 Å². The molecule has 0 heterocycles. The largest absolute Gasteiger partial charge is 0.496 e. The number of hydrogen-bond donors (Lipinski definition) is 1. The molecule has 1 rings (SSSR count). The summed E-state index contributed by atoms with van der Waals surface area (Å²) in [6.45, 7) is 0. The van der Waals surface area contributed by atoms with Gasteiger partial charge >= 0.3 is 0 Å². The zero-order valence-corrected chi connectivity index (χ0v) is 10.2. The van der Waals surface area contributed by atoms with Crippen molar-refractivity contribution in [2.24, 2.45) is 0 Å². The lowest BCUT2D eigenvalue weighted by atomic mass is 10.3. The average molecular weight is 375 g/mol. The molecule has 1 aromatic rings. The molecule has 0 aromatic heterocycles. The third-order valence-corrected chi connectivity index (χ3v) is 3.05. The monoisotopic (exact) mass is 375 g/mol. The Morgan fingerprint density at radius 3 is 2.45 bits per heavy atom. The molecule has 0 aliphatic heterocycles. The Hall–Kier alpha value is 0.280. The molecule has 0 bridgehead atoms. The van der Waals surface area contributed by atoms with Crippen molar-refractivity contribution in [3.63, 3.8) is 0 Å². The highest BCUT2D eigenvalue weighted by Gasteiger charge is 2.02. The summed E-state index contributed by atoms with van der Waals surface area (Å²) in [6.07, 6.45) is 0. The lowest BCUT2D eigenvalue weighted by Gasteiger charge is -2.05. The first-order valence-electron chi connectivity index (χ1n) is 2.93. The van der Waals surface area contributed by atoms with Gasteiger partial charge in [0.25, 0.3) is 0 Å². The molecule has 11 heavy (non-hydrogen) atoms. The summed E-state index contributed by atoms with van der Waals surface area (Å²) in [7, 11) is 1.66. The summed E-state index contributed by atoms with van der Waals surface area (Å²) in [4.78, 5) is 0. The van der Waals surface area contributed by atoms with Gasteiger partial charge < -0.3 is 10.5 Å². The van der Waals surface area contributed by atoms with Crippen LogP contribution in [-0.4, -0.2) is 7.11 Å². The van der Waals surface area contributed by atoms with E-state index in [9.17, 15) is 0 Å². The molecule has 0 fully saturated rings. The Morgan fingerprint density at radius 1 is 1.27 bits per heavy atom. The van der Waals surface area contributed by atoms with E-state index < -0.39 is 0 Å². The minimum Gasteiger partial charge on any atom is -0.496 e. The van der Waals surface area contributed by atoms with E-state index in [4.69, 9.17) is 10.5 Å². The normalized spacial score (nSPS) is 9.73. The Balaban J connectivity index is 3.21. The highest BCUT2D eigenvalue weighted by molar-refractivity contribution is 14.1. The molecule has 0 aliphatic rings. The van der Waals surface area contributed by atoms with Gasteiger partial charge in [0.05, 0.1) is 10.7 Å². The van der Waals surface area contributed by atoms with E-state index in [1.807, 2.05) is 12.1 Å². The summed E-state index contributed by atoms with van der Waals surface area (Å²) in [5.41, 5.74) is 6.48.